The van der Waals surface area contributed by atoms with E-state index in [1.54, 1.807) is 26.0 Å². The number of carboxylic acids is 1. The number of benzene rings is 2. The van der Waals surface area contributed by atoms with E-state index >= 15 is 0 Å². The first-order valence-corrected chi connectivity index (χ1v) is 14.5. The monoisotopic (exact) mass is 597 g/mol. The van der Waals surface area contributed by atoms with Gasteiger partial charge in [0.25, 0.3) is 0 Å². The van der Waals surface area contributed by atoms with Gasteiger partial charge in [0.15, 0.2) is 11.3 Å². The Labute approximate surface area is 238 Å². The zero-order valence-corrected chi connectivity index (χ0v) is 23.6. The number of aliphatic hydroxyl groups is 4. The van der Waals surface area contributed by atoms with E-state index in [1.807, 2.05) is 30.3 Å². The van der Waals surface area contributed by atoms with Crippen LogP contribution >= 0.6 is 12.2 Å². The van der Waals surface area contributed by atoms with Crippen molar-refractivity contribution < 1.29 is 43.5 Å². The minimum absolute atomic E-state index is 0.0684. The molecule has 0 aromatic heterocycles. The Kier molecular flexibility index (Phi) is 11.0. The highest BCUT2D eigenvalue weighted by atomic mass is 32.2. The Hall–Kier alpha value is -2.69. The van der Waals surface area contributed by atoms with Gasteiger partial charge in [-0.15, -0.1) is 0 Å². The van der Waals surface area contributed by atoms with Crippen LogP contribution in [0.1, 0.15) is 13.8 Å². The molecule has 1 saturated heterocycles. The fraction of sp³-hybridized carbons (Fsp3) is 0.462. The lowest BCUT2D eigenvalue weighted by atomic mass is 9.98. The Bertz CT molecular complexity index is 1240. The SMILES string of the molecule is CC(C)[C@H](C(=O)O)N(CCNC(=S)N[C@@H]1O[C@H](CO)[C@@H](O)[C@H](O)[C@H]1O)S(=O)(=O)c1ccc(-c2ccccc2)cc1. The molecule has 1 aliphatic rings. The van der Waals surface area contributed by atoms with Gasteiger partial charge in [-0.25, -0.2) is 8.42 Å². The average molecular weight is 598 g/mol. The molecule has 6 atom stereocenters. The van der Waals surface area contributed by atoms with Crippen molar-refractivity contribution in [1.29, 1.82) is 0 Å². The maximum atomic E-state index is 13.7. The number of carboxylic acid groups (broad SMARTS) is 1. The molecule has 220 valence electrons. The fourth-order valence-corrected chi connectivity index (χ4v) is 6.35. The molecule has 1 aliphatic heterocycles. The molecular formula is C26H35N3O9S2. The number of nitrogens with one attached hydrogen (secondary N) is 2. The predicted octanol–water partition coefficient (Wildman–Crippen LogP) is -0.282. The van der Waals surface area contributed by atoms with Crippen LogP contribution < -0.4 is 10.6 Å². The first kappa shape index (κ1) is 31.8. The minimum atomic E-state index is -4.25. The van der Waals surface area contributed by atoms with E-state index in [-0.39, 0.29) is 23.1 Å². The van der Waals surface area contributed by atoms with E-state index < -0.39 is 65.2 Å². The molecule has 3 rings (SSSR count). The van der Waals surface area contributed by atoms with Crippen molar-refractivity contribution in [3.63, 3.8) is 0 Å². The van der Waals surface area contributed by atoms with E-state index in [9.17, 15) is 38.7 Å². The first-order valence-electron chi connectivity index (χ1n) is 12.6. The molecule has 0 saturated carbocycles. The zero-order chi connectivity index (χ0) is 29.6. The summed E-state index contributed by atoms with van der Waals surface area (Å²) in [5.41, 5.74) is 1.70. The largest absolute Gasteiger partial charge is 0.480 e. The average Bonchev–Trinajstić information content (AvgIpc) is 2.92. The normalized spacial score (nSPS) is 24.1. The number of thiocarbonyl (C=S) groups is 1. The van der Waals surface area contributed by atoms with Crippen LogP contribution in [0.25, 0.3) is 11.1 Å². The smallest absolute Gasteiger partial charge is 0.322 e. The Morgan fingerprint density at radius 2 is 1.60 bits per heavy atom. The summed E-state index contributed by atoms with van der Waals surface area (Å²) in [7, 11) is -4.25. The van der Waals surface area contributed by atoms with Crippen LogP contribution in [-0.2, 0) is 19.6 Å². The first-order chi connectivity index (χ1) is 18.9. The van der Waals surface area contributed by atoms with Gasteiger partial charge in [0.05, 0.1) is 11.5 Å². The van der Waals surface area contributed by atoms with E-state index in [0.717, 1.165) is 15.4 Å². The zero-order valence-electron chi connectivity index (χ0n) is 22.0. The number of ether oxygens (including phenoxy) is 1. The summed E-state index contributed by atoms with van der Waals surface area (Å²) in [6.45, 7) is 2.22. The molecule has 40 heavy (non-hydrogen) atoms. The topological polar surface area (TPSA) is 189 Å². The van der Waals surface area contributed by atoms with Crippen molar-refractivity contribution >= 4 is 33.3 Å². The van der Waals surface area contributed by atoms with E-state index in [4.69, 9.17) is 17.0 Å². The third-order valence-corrected chi connectivity index (χ3v) is 8.70. The van der Waals surface area contributed by atoms with Crippen LogP contribution in [0.3, 0.4) is 0 Å². The number of nitrogens with zero attached hydrogens (tertiary/aromatic N) is 1. The van der Waals surface area contributed by atoms with Gasteiger partial charge in [-0.1, -0.05) is 56.3 Å². The van der Waals surface area contributed by atoms with Crippen LogP contribution in [0.15, 0.2) is 59.5 Å². The van der Waals surface area contributed by atoms with Gasteiger partial charge in [0, 0.05) is 13.1 Å². The highest BCUT2D eigenvalue weighted by Crippen LogP contribution is 2.26. The molecule has 12 nitrogen and oxygen atoms in total. The predicted molar refractivity (Wildman–Crippen MR) is 150 cm³/mol. The minimum Gasteiger partial charge on any atom is -0.480 e. The molecule has 7 N–H and O–H groups in total. The number of aliphatic hydroxyl groups excluding tert-OH is 4. The van der Waals surface area contributed by atoms with E-state index in [1.165, 1.54) is 12.1 Å². The highest BCUT2D eigenvalue weighted by molar-refractivity contribution is 7.89. The summed E-state index contributed by atoms with van der Waals surface area (Å²) < 4.78 is 33.6. The quantitative estimate of drug-likeness (QED) is 0.168. The summed E-state index contributed by atoms with van der Waals surface area (Å²) in [4.78, 5) is 12.1. The molecule has 14 heteroatoms. The van der Waals surface area contributed by atoms with Crippen molar-refractivity contribution in [2.45, 2.75) is 55.4 Å². The molecule has 0 radical (unpaired) electrons. The second kappa shape index (κ2) is 13.8. The summed E-state index contributed by atoms with van der Waals surface area (Å²) >= 11 is 5.20. The second-order valence-corrected chi connectivity index (χ2v) is 12.0. The van der Waals surface area contributed by atoms with Gasteiger partial charge in [0.1, 0.15) is 30.5 Å². The lowest BCUT2D eigenvalue weighted by molar-refractivity contribution is -0.232. The number of aliphatic carboxylic acids is 1. The van der Waals surface area contributed by atoms with Crippen molar-refractivity contribution in [3.05, 3.63) is 54.6 Å². The Morgan fingerprint density at radius 3 is 2.15 bits per heavy atom. The summed E-state index contributed by atoms with van der Waals surface area (Å²) in [6, 6.07) is 14.2. The lowest BCUT2D eigenvalue weighted by Gasteiger charge is -2.40. The van der Waals surface area contributed by atoms with E-state index in [0.29, 0.717) is 0 Å². The van der Waals surface area contributed by atoms with Crippen molar-refractivity contribution in [2.75, 3.05) is 19.7 Å². The van der Waals surface area contributed by atoms with Gasteiger partial charge in [-0.2, -0.15) is 4.31 Å². The van der Waals surface area contributed by atoms with Crippen LogP contribution in [0.5, 0.6) is 0 Å². The number of sulfonamides is 1. The molecule has 1 heterocycles. The Morgan fingerprint density at radius 1 is 1.00 bits per heavy atom. The second-order valence-electron chi connectivity index (χ2n) is 9.68. The standard InChI is InChI=1S/C26H35N3O9S2/c1-15(2)20(25(34)35)29(40(36,37)18-10-8-17(9-11-18)16-6-4-3-5-7-16)13-12-27-26(39)28-24-23(33)22(32)21(31)19(14-30)38-24/h3-11,15,19-24,30-33H,12-14H2,1-2H3,(H,34,35)(H2,27,28,39)/t19-,20-,21-,22+,23-,24-/m1/s1. The highest BCUT2D eigenvalue weighted by Gasteiger charge is 2.44. The molecule has 1 fully saturated rings. The lowest BCUT2D eigenvalue weighted by Crippen LogP contribution is -2.64. The molecule has 0 spiro atoms. The summed E-state index contributed by atoms with van der Waals surface area (Å²) in [5, 5.41) is 54.5. The number of hydrogen-bond donors (Lipinski definition) is 7. The van der Waals surface area contributed by atoms with Gasteiger partial charge in [-0.05, 0) is 41.4 Å². The summed E-state index contributed by atoms with van der Waals surface area (Å²) in [5.74, 6) is -1.86. The third kappa shape index (κ3) is 7.33. The molecule has 0 aliphatic carbocycles. The molecular weight excluding hydrogens is 562 g/mol. The van der Waals surface area contributed by atoms with Crippen molar-refractivity contribution in [1.82, 2.24) is 14.9 Å². The Balaban J connectivity index is 1.74. The molecule has 0 amide bonds. The van der Waals surface area contributed by atoms with Crippen LogP contribution in [0, 0.1) is 5.92 Å². The van der Waals surface area contributed by atoms with Crippen molar-refractivity contribution in [3.8, 4) is 11.1 Å². The van der Waals surface area contributed by atoms with Crippen LogP contribution in [0.4, 0.5) is 0 Å². The third-order valence-electron chi connectivity index (χ3n) is 6.55. The summed E-state index contributed by atoms with van der Waals surface area (Å²) in [6.07, 6.45) is -7.15. The molecule has 0 unspecified atom stereocenters. The fourth-order valence-electron chi connectivity index (χ4n) is 4.42. The molecule has 0 bridgehead atoms. The maximum absolute atomic E-state index is 13.7. The van der Waals surface area contributed by atoms with Crippen LogP contribution in [0.2, 0.25) is 0 Å². The molecule has 2 aromatic rings. The van der Waals surface area contributed by atoms with Gasteiger partial charge < -0.3 is 40.9 Å². The van der Waals surface area contributed by atoms with E-state index in [2.05, 4.69) is 10.6 Å². The van der Waals surface area contributed by atoms with Gasteiger partial charge in [-0.3, -0.25) is 4.79 Å². The maximum Gasteiger partial charge on any atom is 0.322 e. The number of hydrogen-bond acceptors (Lipinski definition) is 9. The van der Waals surface area contributed by atoms with Crippen molar-refractivity contribution in [2.24, 2.45) is 5.92 Å². The van der Waals surface area contributed by atoms with Gasteiger partial charge in [0.2, 0.25) is 10.0 Å². The number of rotatable bonds is 11. The molecule has 2 aromatic carbocycles. The number of carbonyl (C=O) groups is 1. The van der Waals surface area contributed by atoms with Crippen LogP contribution in [-0.4, -0.2) is 106 Å². The van der Waals surface area contributed by atoms with Gasteiger partial charge >= 0.3 is 5.97 Å².